The fourth-order valence-corrected chi connectivity index (χ4v) is 4.32. The first-order chi connectivity index (χ1) is 20.3. The second kappa shape index (κ2) is 14.6. The van der Waals surface area contributed by atoms with E-state index in [4.69, 9.17) is 18.9 Å². The van der Waals surface area contributed by atoms with Gasteiger partial charge >= 0.3 is 17.9 Å². The predicted octanol–water partition coefficient (Wildman–Crippen LogP) is 7.56. The minimum Gasteiger partial charge on any atom is -0.494 e. The van der Waals surface area contributed by atoms with Gasteiger partial charge in [-0.05, 0) is 110 Å². The van der Waals surface area contributed by atoms with Crippen molar-refractivity contribution in [2.75, 3.05) is 13.2 Å². The summed E-state index contributed by atoms with van der Waals surface area (Å²) in [6.07, 6.45) is 4.73. The molecule has 4 aromatic rings. The summed E-state index contributed by atoms with van der Waals surface area (Å²) in [5.74, 6) is 0.292. The lowest BCUT2D eigenvalue weighted by Gasteiger charge is -2.10. The molecular weight excluding hydrogens is 532 g/mol. The minimum absolute atomic E-state index is 0.397. The van der Waals surface area contributed by atoms with Crippen LogP contribution in [0.15, 0.2) is 91.5 Å². The molecule has 0 bridgehead atoms. The Morgan fingerprint density at radius 1 is 0.667 bits per heavy atom. The normalized spacial score (nSPS) is 10.6. The number of rotatable bonds is 13. The molecule has 4 aromatic carbocycles. The van der Waals surface area contributed by atoms with Crippen LogP contribution in [0.1, 0.15) is 57.5 Å². The third-order valence-electron chi connectivity index (χ3n) is 6.60. The Balaban J connectivity index is 1.25. The van der Waals surface area contributed by atoms with E-state index in [0.29, 0.717) is 41.6 Å². The van der Waals surface area contributed by atoms with Gasteiger partial charge in [0.1, 0.15) is 17.2 Å². The molecule has 0 spiro atoms. The standard InChI is InChI=1S/C35H34O7/c1-4-33(36)40-20-8-6-5-7-19-39-30-15-12-26(13-16-30)34(37)41-31-17-14-27-22-29(11-10-28(27)23-31)35(38)42-32-18-9-24(2)21-25(32)3/h4,9-18,21-23H,1,5-8,19-20H2,2-3H3. The molecule has 0 aromatic heterocycles. The second-order valence-corrected chi connectivity index (χ2v) is 9.93. The molecule has 42 heavy (non-hydrogen) atoms. The Kier molecular flexibility index (Phi) is 10.5. The highest BCUT2D eigenvalue weighted by Crippen LogP contribution is 2.25. The van der Waals surface area contributed by atoms with Crippen LogP contribution in [0.25, 0.3) is 10.8 Å². The number of carbonyl (C=O) groups excluding carboxylic acids is 3. The van der Waals surface area contributed by atoms with Crippen molar-refractivity contribution in [2.24, 2.45) is 0 Å². The van der Waals surface area contributed by atoms with E-state index in [1.165, 1.54) is 0 Å². The zero-order chi connectivity index (χ0) is 29.9. The van der Waals surface area contributed by atoms with Gasteiger partial charge in [-0.3, -0.25) is 0 Å². The number of fused-ring (bicyclic) bond motifs is 1. The van der Waals surface area contributed by atoms with Crippen LogP contribution in [0.3, 0.4) is 0 Å². The predicted molar refractivity (Wildman–Crippen MR) is 161 cm³/mol. The molecule has 0 atom stereocenters. The highest BCUT2D eigenvalue weighted by molar-refractivity contribution is 5.97. The number of benzene rings is 4. The lowest BCUT2D eigenvalue weighted by atomic mass is 10.1. The van der Waals surface area contributed by atoms with Gasteiger partial charge < -0.3 is 18.9 Å². The largest absolute Gasteiger partial charge is 0.494 e. The van der Waals surface area contributed by atoms with Gasteiger partial charge in [0.05, 0.1) is 24.3 Å². The minimum atomic E-state index is -0.480. The van der Waals surface area contributed by atoms with Crippen LogP contribution in [-0.2, 0) is 9.53 Å². The molecule has 4 rings (SSSR count). The molecular formula is C35H34O7. The van der Waals surface area contributed by atoms with Crippen molar-refractivity contribution < 1.29 is 33.3 Å². The second-order valence-electron chi connectivity index (χ2n) is 9.93. The van der Waals surface area contributed by atoms with E-state index in [1.54, 1.807) is 66.7 Å². The van der Waals surface area contributed by atoms with Gasteiger partial charge in [0, 0.05) is 6.08 Å². The van der Waals surface area contributed by atoms with Crippen LogP contribution in [0, 0.1) is 13.8 Å². The molecule has 0 N–H and O–H groups in total. The lowest BCUT2D eigenvalue weighted by Crippen LogP contribution is -2.09. The molecule has 7 heteroatoms. The number of aryl methyl sites for hydroxylation is 2. The molecule has 0 aliphatic rings. The Bertz CT molecular complexity index is 1570. The molecule has 0 saturated carbocycles. The molecule has 0 saturated heterocycles. The van der Waals surface area contributed by atoms with Gasteiger partial charge in [-0.1, -0.05) is 36.4 Å². The Morgan fingerprint density at radius 2 is 1.31 bits per heavy atom. The van der Waals surface area contributed by atoms with Crippen LogP contribution in [0.5, 0.6) is 17.2 Å². The Labute approximate surface area is 245 Å². The van der Waals surface area contributed by atoms with E-state index in [0.717, 1.165) is 53.7 Å². The molecule has 0 amide bonds. The molecule has 0 heterocycles. The summed E-state index contributed by atoms with van der Waals surface area (Å²) in [6.45, 7) is 8.21. The molecule has 7 nitrogen and oxygen atoms in total. The molecule has 0 fully saturated rings. The van der Waals surface area contributed by atoms with E-state index in [1.807, 2.05) is 26.0 Å². The fraction of sp³-hybridized carbons (Fsp3) is 0.229. The molecule has 0 aliphatic heterocycles. The van der Waals surface area contributed by atoms with Crippen LogP contribution < -0.4 is 14.2 Å². The van der Waals surface area contributed by atoms with E-state index in [2.05, 4.69) is 6.58 Å². The van der Waals surface area contributed by atoms with Crippen LogP contribution >= 0.6 is 0 Å². The Morgan fingerprint density at radius 3 is 2.05 bits per heavy atom. The van der Waals surface area contributed by atoms with Gasteiger partial charge in [-0.25, -0.2) is 14.4 Å². The lowest BCUT2D eigenvalue weighted by molar-refractivity contribution is -0.137. The number of unbranched alkanes of at least 4 members (excludes halogenated alkanes) is 3. The summed E-state index contributed by atoms with van der Waals surface area (Å²) >= 11 is 0. The maximum Gasteiger partial charge on any atom is 0.343 e. The average molecular weight is 567 g/mol. The number of hydrogen-bond acceptors (Lipinski definition) is 7. The van der Waals surface area contributed by atoms with Gasteiger partial charge in [0.25, 0.3) is 0 Å². The van der Waals surface area contributed by atoms with Crippen molar-refractivity contribution in [1.82, 2.24) is 0 Å². The quantitative estimate of drug-likeness (QED) is 0.0714. The summed E-state index contributed by atoms with van der Waals surface area (Å²) in [4.78, 5) is 36.4. The maximum atomic E-state index is 12.7. The van der Waals surface area contributed by atoms with Gasteiger partial charge in [0.15, 0.2) is 0 Å². The summed E-state index contributed by atoms with van der Waals surface area (Å²) in [6, 6.07) is 23.0. The van der Waals surface area contributed by atoms with Gasteiger partial charge in [0.2, 0.25) is 0 Å². The van der Waals surface area contributed by atoms with Crippen molar-refractivity contribution in [3.63, 3.8) is 0 Å². The number of hydrogen-bond donors (Lipinski definition) is 0. The first kappa shape index (κ1) is 30.1. The van der Waals surface area contributed by atoms with Crippen molar-refractivity contribution in [3.05, 3.63) is 114 Å². The summed E-state index contributed by atoms with van der Waals surface area (Å²) < 4.78 is 21.9. The zero-order valence-electron chi connectivity index (χ0n) is 23.9. The van der Waals surface area contributed by atoms with Crippen LogP contribution in [0.2, 0.25) is 0 Å². The Hall–Kier alpha value is -4.91. The topological polar surface area (TPSA) is 88.1 Å². The van der Waals surface area contributed by atoms with Crippen LogP contribution in [-0.4, -0.2) is 31.1 Å². The molecule has 0 unspecified atom stereocenters. The van der Waals surface area contributed by atoms with Crippen molar-refractivity contribution >= 4 is 28.7 Å². The van der Waals surface area contributed by atoms with Crippen molar-refractivity contribution in [3.8, 4) is 17.2 Å². The van der Waals surface area contributed by atoms with Crippen molar-refractivity contribution in [2.45, 2.75) is 39.5 Å². The first-order valence-electron chi connectivity index (χ1n) is 13.9. The van der Waals surface area contributed by atoms with Gasteiger partial charge in [-0.2, -0.15) is 0 Å². The van der Waals surface area contributed by atoms with E-state index in [-0.39, 0.29) is 0 Å². The third-order valence-corrected chi connectivity index (χ3v) is 6.60. The fourth-order valence-electron chi connectivity index (χ4n) is 4.32. The third kappa shape index (κ3) is 8.54. The SMILES string of the molecule is C=CC(=O)OCCCCCCOc1ccc(C(=O)Oc2ccc3cc(C(=O)Oc4ccc(C)cc4C)ccc3c2)cc1. The van der Waals surface area contributed by atoms with Crippen molar-refractivity contribution in [1.29, 1.82) is 0 Å². The first-order valence-corrected chi connectivity index (χ1v) is 13.9. The zero-order valence-corrected chi connectivity index (χ0v) is 23.9. The van der Waals surface area contributed by atoms with E-state index in [9.17, 15) is 14.4 Å². The number of ether oxygens (including phenoxy) is 4. The monoisotopic (exact) mass is 566 g/mol. The average Bonchev–Trinajstić information content (AvgIpc) is 2.99. The van der Waals surface area contributed by atoms with Gasteiger partial charge in [-0.15, -0.1) is 0 Å². The summed E-state index contributed by atoms with van der Waals surface area (Å²) in [5.41, 5.74) is 2.83. The molecule has 0 radical (unpaired) electrons. The highest BCUT2D eigenvalue weighted by atomic mass is 16.5. The molecule has 216 valence electrons. The van der Waals surface area contributed by atoms with E-state index < -0.39 is 17.9 Å². The molecule has 0 aliphatic carbocycles. The highest BCUT2D eigenvalue weighted by Gasteiger charge is 2.13. The van der Waals surface area contributed by atoms with Crippen LogP contribution in [0.4, 0.5) is 0 Å². The number of carbonyl (C=O) groups is 3. The smallest absolute Gasteiger partial charge is 0.343 e. The summed E-state index contributed by atoms with van der Waals surface area (Å²) in [7, 11) is 0. The van der Waals surface area contributed by atoms with E-state index >= 15 is 0 Å². The summed E-state index contributed by atoms with van der Waals surface area (Å²) in [5, 5.41) is 1.65. The number of esters is 3. The maximum absolute atomic E-state index is 12.7.